The van der Waals surface area contributed by atoms with Crippen LogP contribution in [0, 0.1) is 11.8 Å². The molecule has 1 atom stereocenters. The molecule has 1 fully saturated rings. The Balaban J connectivity index is 1.92. The molecule has 0 aliphatic heterocycles. The maximum Gasteiger partial charge on any atom is 0.223 e. The zero-order valence-electron chi connectivity index (χ0n) is 12.4. The number of carbonyl (C=O) groups excluding carboxylic acids is 1. The number of aliphatic hydroxyl groups is 1. The third-order valence-electron chi connectivity index (χ3n) is 4.32. The number of hydrogen-bond acceptors (Lipinski definition) is 2. The van der Waals surface area contributed by atoms with Crippen molar-refractivity contribution in [2.45, 2.75) is 45.1 Å². The first kappa shape index (κ1) is 15.0. The molecule has 0 spiro atoms. The van der Waals surface area contributed by atoms with Crippen LogP contribution >= 0.6 is 0 Å². The largest absolute Gasteiger partial charge is 0.388 e. The van der Waals surface area contributed by atoms with Crippen molar-refractivity contribution < 1.29 is 9.90 Å². The summed E-state index contributed by atoms with van der Waals surface area (Å²) in [6, 6.07) is 10.1. The first-order valence-electron chi connectivity index (χ1n) is 7.54. The van der Waals surface area contributed by atoms with Crippen molar-refractivity contribution in [2.75, 3.05) is 6.54 Å². The predicted molar refractivity (Wildman–Crippen MR) is 80.3 cm³/mol. The Labute approximate surface area is 121 Å². The van der Waals surface area contributed by atoms with E-state index in [4.69, 9.17) is 0 Å². The van der Waals surface area contributed by atoms with Crippen LogP contribution in [-0.4, -0.2) is 23.2 Å². The average Bonchev–Trinajstić information content (AvgIpc) is 2.41. The zero-order valence-corrected chi connectivity index (χ0v) is 12.4. The lowest BCUT2D eigenvalue weighted by Gasteiger charge is -2.37. The average molecular weight is 275 g/mol. The highest BCUT2D eigenvalue weighted by Gasteiger charge is 2.35. The summed E-state index contributed by atoms with van der Waals surface area (Å²) in [5, 5.41) is 13.0. The second-order valence-corrected chi connectivity index (χ2v) is 6.34. The summed E-state index contributed by atoms with van der Waals surface area (Å²) in [6.45, 7) is 4.54. The molecule has 2 rings (SSSR count). The lowest BCUT2D eigenvalue weighted by Crippen LogP contribution is -2.49. The number of carbonyl (C=O) groups is 1. The van der Waals surface area contributed by atoms with Crippen molar-refractivity contribution in [1.82, 2.24) is 5.32 Å². The van der Waals surface area contributed by atoms with Gasteiger partial charge in [-0.2, -0.15) is 0 Å². The van der Waals surface area contributed by atoms with Gasteiger partial charge in [-0.15, -0.1) is 0 Å². The topological polar surface area (TPSA) is 49.3 Å². The molecule has 20 heavy (non-hydrogen) atoms. The molecule has 1 aromatic carbocycles. The normalized spacial score (nSPS) is 18.4. The smallest absolute Gasteiger partial charge is 0.223 e. The number of rotatable bonds is 6. The van der Waals surface area contributed by atoms with E-state index >= 15 is 0 Å². The Morgan fingerprint density at radius 1 is 1.30 bits per heavy atom. The predicted octanol–water partition coefficient (Wildman–Crippen LogP) is 2.53. The number of nitrogens with one attached hydrogen (secondary N) is 1. The molecule has 0 bridgehead atoms. The van der Waals surface area contributed by atoms with E-state index < -0.39 is 5.60 Å². The summed E-state index contributed by atoms with van der Waals surface area (Å²) in [5.74, 6) is 0.302. The van der Waals surface area contributed by atoms with Gasteiger partial charge in [-0.05, 0) is 37.2 Å². The van der Waals surface area contributed by atoms with Crippen molar-refractivity contribution in [3.05, 3.63) is 35.9 Å². The van der Waals surface area contributed by atoms with Crippen molar-refractivity contribution in [3.8, 4) is 0 Å². The molecule has 1 amide bonds. The second kappa shape index (κ2) is 6.40. The minimum Gasteiger partial charge on any atom is -0.388 e. The molecular weight excluding hydrogens is 250 g/mol. The second-order valence-electron chi connectivity index (χ2n) is 6.34. The van der Waals surface area contributed by atoms with Gasteiger partial charge in [-0.3, -0.25) is 4.79 Å². The van der Waals surface area contributed by atoms with Crippen molar-refractivity contribution in [1.29, 1.82) is 0 Å². The Kier molecular flexibility index (Phi) is 4.81. The molecule has 110 valence electrons. The monoisotopic (exact) mass is 275 g/mol. The first-order chi connectivity index (χ1) is 9.50. The molecule has 1 unspecified atom stereocenters. The van der Waals surface area contributed by atoms with Crippen LogP contribution in [0.2, 0.25) is 0 Å². The quantitative estimate of drug-likeness (QED) is 0.838. The minimum atomic E-state index is -0.649. The van der Waals surface area contributed by atoms with Crippen LogP contribution in [0.5, 0.6) is 0 Å². The van der Waals surface area contributed by atoms with Crippen LogP contribution in [0.4, 0.5) is 0 Å². The van der Waals surface area contributed by atoms with Crippen molar-refractivity contribution in [3.63, 3.8) is 0 Å². The maximum atomic E-state index is 12.4. The fourth-order valence-electron chi connectivity index (χ4n) is 2.64. The molecule has 0 aromatic heterocycles. The van der Waals surface area contributed by atoms with E-state index in [1.165, 1.54) is 5.56 Å². The fourth-order valence-corrected chi connectivity index (χ4v) is 2.64. The first-order valence-corrected chi connectivity index (χ1v) is 7.54. The molecule has 0 saturated heterocycles. The van der Waals surface area contributed by atoms with E-state index in [1.807, 2.05) is 18.2 Å². The summed E-state index contributed by atoms with van der Waals surface area (Å²) in [4.78, 5) is 12.4. The summed E-state index contributed by atoms with van der Waals surface area (Å²) in [6.07, 6.45) is 3.42. The van der Waals surface area contributed by atoms with E-state index in [0.717, 1.165) is 25.7 Å². The number of hydrogen-bond donors (Lipinski definition) is 2. The summed E-state index contributed by atoms with van der Waals surface area (Å²) in [7, 11) is 0. The van der Waals surface area contributed by atoms with Gasteiger partial charge in [0.25, 0.3) is 0 Å². The third kappa shape index (κ3) is 3.83. The van der Waals surface area contributed by atoms with E-state index in [-0.39, 0.29) is 17.7 Å². The summed E-state index contributed by atoms with van der Waals surface area (Å²) in [5.41, 5.74) is 0.535. The van der Waals surface area contributed by atoms with Gasteiger partial charge in [0.1, 0.15) is 0 Å². The van der Waals surface area contributed by atoms with Gasteiger partial charge in [0.15, 0.2) is 0 Å². The van der Waals surface area contributed by atoms with E-state index in [2.05, 4.69) is 31.3 Å². The minimum absolute atomic E-state index is 0.0407. The highest BCUT2D eigenvalue weighted by molar-refractivity contribution is 5.79. The molecule has 1 aromatic rings. The van der Waals surface area contributed by atoms with Gasteiger partial charge in [-0.1, -0.05) is 44.2 Å². The lowest BCUT2D eigenvalue weighted by molar-refractivity contribution is -0.128. The van der Waals surface area contributed by atoms with Crippen LogP contribution in [0.15, 0.2) is 30.3 Å². The van der Waals surface area contributed by atoms with Gasteiger partial charge in [0.2, 0.25) is 5.91 Å². The Morgan fingerprint density at radius 3 is 2.45 bits per heavy atom. The third-order valence-corrected chi connectivity index (χ3v) is 4.32. The maximum absolute atomic E-state index is 12.4. The molecule has 2 N–H and O–H groups in total. The number of benzene rings is 1. The van der Waals surface area contributed by atoms with E-state index in [1.54, 1.807) is 0 Å². The van der Waals surface area contributed by atoms with Gasteiger partial charge in [-0.25, -0.2) is 0 Å². The van der Waals surface area contributed by atoms with Crippen LogP contribution < -0.4 is 5.32 Å². The van der Waals surface area contributed by atoms with Crippen molar-refractivity contribution in [2.24, 2.45) is 11.8 Å². The Hall–Kier alpha value is -1.35. The summed E-state index contributed by atoms with van der Waals surface area (Å²) >= 11 is 0. The molecule has 0 radical (unpaired) electrons. The van der Waals surface area contributed by atoms with Crippen LogP contribution in [-0.2, 0) is 11.2 Å². The lowest BCUT2D eigenvalue weighted by atomic mass is 9.80. The molecular formula is C17H25NO2. The standard InChI is InChI=1S/C17H25NO2/c1-13(2)15(11-14-7-4-3-5-8-14)16(19)18-12-17(20)9-6-10-17/h3-5,7-8,13,15,20H,6,9-12H2,1-2H3,(H,18,19). The van der Waals surface area contributed by atoms with Gasteiger partial charge in [0.05, 0.1) is 5.60 Å². The molecule has 3 nitrogen and oxygen atoms in total. The molecule has 3 heteroatoms. The fraction of sp³-hybridized carbons (Fsp3) is 0.588. The van der Waals surface area contributed by atoms with Gasteiger partial charge >= 0.3 is 0 Å². The van der Waals surface area contributed by atoms with Gasteiger partial charge < -0.3 is 10.4 Å². The van der Waals surface area contributed by atoms with Crippen LogP contribution in [0.25, 0.3) is 0 Å². The van der Waals surface area contributed by atoms with E-state index in [0.29, 0.717) is 6.54 Å². The number of amides is 1. The molecule has 1 saturated carbocycles. The molecule has 1 aliphatic carbocycles. The van der Waals surface area contributed by atoms with Crippen molar-refractivity contribution >= 4 is 5.91 Å². The Morgan fingerprint density at radius 2 is 1.95 bits per heavy atom. The zero-order chi connectivity index (χ0) is 14.6. The van der Waals surface area contributed by atoms with Gasteiger partial charge in [0, 0.05) is 12.5 Å². The SMILES string of the molecule is CC(C)C(Cc1ccccc1)C(=O)NCC1(O)CCC1. The van der Waals surface area contributed by atoms with E-state index in [9.17, 15) is 9.90 Å². The summed E-state index contributed by atoms with van der Waals surface area (Å²) < 4.78 is 0. The Bertz CT molecular complexity index is 438. The van der Waals surface area contributed by atoms with Crippen LogP contribution in [0.3, 0.4) is 0 Å². The highest BCUT2D eigenvalue weighted by atomic mass is 16.3. The molecule has 1 aliphatic rings. The van der Waals surface area contributed by atoms with Crippen LogP contribution in [0.1, 0.15) is 38.7 Å². The highest BCUT2D eigenvalue weighted by Crippen LogP contribution is 2.30. The molecule has 0 heterocycles.